The first-order valence-corrected chi connectivity index (χ1v) is 8.75. The molecule has 1 aromatic heterocycles. The summed E-state index contributed by atoms with van der Waals surface area (Å²) in [5, 5.41) is 3.84. The summed E-state index contributed by atoms with van der Waals surface area (Å²) in [6.45, 7) is 0. The maximum absolute atomic E-state index is 12.8. The van der Waals surface area contributed by atoms with E-state index in [1.54, 1.807) is 24.3 Å². The van der Waals surface area contributed by atoms with Crippen LogP contribution >= 0.6 is 0 Å². The summed E-state index contributed by atoms with van der Waals surface area (Å²) in [6.07, 6.45) is 2.18. The van der Waals surface area contributed by atoms with Crippen molar-refractivity contribution in [1.82, 2.24) is 10.3 Å². The molecule has 132 valence electrons. The molecule has 5 rings (SSSR count). The Hall–Kier alpha value is -3.54. The van der Waals surface area contributed by atoms with Crippen LogP contribution in [0.1, 0.15) is 38.7 Å². The predicted molar refractivity (Wildman–Crippen MR) is 100 cm³/mol. The maximum atomic E-state index is 12.8. The van der Waals surface area contributed by atoms with Crippen molar-refractivity contribution >= 4 is 34.2 Å². The number of hydrogen-bond donors (Lipinski definition) is 2. The normalized spacial score (nSPS) is 19.9. The summed E-state index contributed by atoms with van der Waals surface area (Å²) in [5.41, 5.74) is 3.03. The zero-order chi connectivity index (χ0) is 18.5. The SMILES string of the molecule is O=C1N=C(C2C(=O)c3ccccc3C2=O)CC(c2c[nH]c3ccccc23)N1. The highest BCUT2D eigenvalue weighted by Gasteiger charge is 2.43. The Morgan fingerprint density at radius 3 is 2.30 bits per heavy atom. The number of nitrogens with one attached hydrogen (secondary N) is 2. The molecule has 3 aromatic rings. The molecule has 0 saturated heterocycles. The summed E-state index contributed by atoms with van der Waals surface area (Å²) in [6, 6.07) is 13.7. The van der Waals surface area contributed by atoms with Gasteiger partial charge in [-0.05, 0) is 6.07 Å². The first-order valence-electron chi connectivity index (χ1n) is 8.75. The number of carbonyl (C=O) groups excluding carboxylic acids is 3. The maximum Gasteiger partial charge on any atom is 0.341 e. The number of aromatic amines is 1. The van der Waals surface area contributed by atoms with Gasteiger partial charge in [0.25, 0.3) is 0 Å². The molecule has 2 N–H and O–H groups in total. The Bertz CT molecular complexity index is 1120. The van der Waals surface area contributed by atoms with Crippen LogP contribution < -0.4 is 5.32 Å². The third kappa shape index (κ3) is 2.33. The van der Waals surface area contributed by atoms with Crippen molar-refractivity contribution in [3.8, 4) is 0 Å². The molecule has 2 aromatic carbocycles. The lowest BCUT2D eigenvalue weighted by atomic mass is 9.89. The Morgan fingerprint density at radius 2 is 1.56 bits per heavy atom. The van der Waals surface area contributed by atoms with Crippen molar-refractivity contribution < 1.29 is 14.4 Å². The van der Waals surface area contributed by atoms with Crippen LogP contribution in [0.3, 0.4) is 0 Å². The van der Waals surface area contributed by atoms with E-state index in [0.29, 0.717) is 23.3 Å². The lowest BCUT2D eigenvalue weighted by Crippen LogP contribution is -2.38. The second-order valence-corrected chi connectivity index (χ2v) is 6.81. The van der Waals surface area contributed by atoms with Crippen molar-refractivity contribution in [3.05, 3.63) is 71.4 Å². The Kier molecular flexibility index (Phi) is 3.33. The molecule has 0 radical (unpaired) electrons. The lowest BCUT2D eigenvalue weighted by molar-refractivity contribution is 0.0882. The second kappa shape index (κ2) is 5.74. The number of rotatable bonds is 2. The summed E-state index contributed by atoms with van der Waals surface area (Å²) in [4.78, 5) is 45.0. The zero-order valence-electron chi connectivity index (χ0n) is 14.2. The number of urea groups is 1. The van der Waals surface area contributed by atoms with Crippen LogP contribution in [-0.4, -0.2) is 28.3 Å². The molecule has 1 aliphatic heterocycles. The number of para-hydroxylation sites is 1. The van der Waals surface area contributed by atoms with Crippen molar-refractivity contribution in [1.29, 1.82) is 0 Å². The van der Waals surface area contributed by atoms with Crippen LogP contribution in [0.25, 0.3) is 10.9 Å². The van der Waals surface area contributed by atoms with Gasteiger partial charge in [-0.1, -0.05) is 42.5 Å². The van der Waals surface area contributed by atoms with E-state index in [4.69, 9.17) is 0 Å². The van der Waals surface area contributed by atoms with E-state index in [9.17, 15) is 14.4 Å². The largest absolute Gasteiger partial charge is 0.361 e. The van der Waals surface area contributed by atoms with Gasteiger partial charge in [-0.15, -0.1) is 0 Å². The first kappa shape index (κ1) is 15.7. The smallest absolute Gasteiger partial charge is 0.341 e. The summed E-state index contributed by atoms with van der Waals surface area (Å²) < 4.78 is 0. The monoisotopic (exact) mass is 357 g/mol. The molecule has 27 heavy (non-hydrogen) atoms. The van der Waals surface area contributed by atoms with Crippen LogP contribution in [0.2, 0.25) is 0 Å². The third-order valence-electron chi connectivity index (χ3n) is 5.27. The van der Waals surface area contributed by atoms with Crippen LogP contribution in [0, 0.1) is 5.92 Å². The third-order valence-corrected chi connectivity index (χ3v) is 5.27. The minimum Gasteiger partial charge on any atom is -0.361 e. The number of Topliss-reactive ketones (excluding diaryl/α,β-unsaturated/α-hetero) is 2. The van der Waals surface area contributed by atoms with Gasteiger partial charge in [-0.2, -0.15) is 0 Å². The van der Waals surface area contributed by atoms with E-state index in [2.05, 4.69) is 15.3 Å². The first-order chi connectivity index (χ1) is 13.1. The van der Waals surface area contributed by atoms with Gasteiger partial charge in [0, 0.05) is 45.9 Å². The molecule has 1 aliphatic carbocycles. The van der Waals surface area contributed by atoms with Gasteiger partial charge in [-0.3, -0.25) is 9.59 Å². The molecular weight excluding hydrogens is 342 g/mol. The fourth-order valence-electron chi connectivity index (χ4n) is 4.02. The quantitative estimate of drug-likeness (QED) is 0.688. The number of aromatic nitrogens is 1. The minimum atomic E-state index is -0.999. The molecule has 0 spiro atoms. The number of nitrogens with zero attached hydrogens (tertiary/aromatic N) is 1. The van der Waals surface area contributed by atoms with Crippen molar-refractivity contribution in [3.63, 3.8) is 0 Å². The van der Waals surface area contributed by atoms with Crippen LogP contribution in [0.5, 0.6) is 0 Å². The summed E-state index contributed by atoms with van der Waals surface area (Å²) in [5.74, 6) is -1.55. The summed E-state index contributed by atoms with van der Waals surface area (Å²) in [7, 11) is 0. The van der Waals surface area contributed by atoms with E-state index in [-0.39, 0.29) is 17.6 Å². The molecule has 0 fully saturated rings. The molecular formula is C21H15N3O3. The highest BCUT2D eigenvalue weighted by molar-refractivity contribution is 6.37. The minimum absolute atomic E-state index is 0.276. The molecule has 6 heteroatoms. The number of aliphatic imine (C=N–C) groups is 1. The summed E-state index contributed by atoms with van der Waals surface area (Å²) >= 11 is 0. The number of carbonyl (C=O) groups is 3. The van der Waals surface area contributed by atoms with Crippen molar-refractivity contribution in [2.24, 2.45) is 10.9 Å². The molecule has 1 atom stereocenters. The average molecular weight is 357 g/mol. The fourth-order valence-corrected chi connectivity index (χ4v) is 4.02. The van der Waals surface area contributed by atoms with Gasteiger partial charge in [0.15, 0.2) is 11.6 Å². The number of hydrogen-bond acceptors (Lipinski definition) is 3. The van der Waals surface area contributed by atoms with E-state index in [0.717, 1.165) is 16.5 Å². The van der Waals surface area contributed by atoms with E-state index < -0.39 is 11.9 Å². The van der Waals surface area contributed by atoms with Crippen LogP contribution in [0.4, 0.5) is 4.79 Å². The molecule has 1 unspecified atom stereocenters. The molecule has 2 heterocycles. The molecule has 2 amide bonds. The van der Waals surface area contributed by atoms with Crippen molar-refractivity contribution in [2.75, 3.05) is 0 Å². The van der Waals surface area contributed by atoms with Gasteiger partial charge >= 0.3 is 6.03 Å². The van der Waals surface area contributed by atoms with Gasteiger partial charge in [0.05, 0.1) is 6.04 Å². The molecule has 2 aliphatic rings. The predicted octanol–water partition coefficient (Wildman–Crippen LogP) is 3.46. The van der Waals surface area contributed by atoms with Crippen LogP contribution in [0.15, 0.2) is 59.7 Å². The van der Waals surface area contributed by atoms with E-state index in [1.807, 2.05) is 30.5 Å². The number of H-pyrrole nitrogens is 1. The second-order valence-electron chi connectivity index (χ2n) is 6.81. The fraction of sp³-hybridized carbons (Fsp3) is 0.143. The highest BCUT2D eigenvalue weighted by atomic mass is 16.2. The Morgan fingerprint density at radius 1 is 0.889 bits per heavy atom. The van der Waals surface area contributed by atoms with E-state index in [1.165, 1.54) is 0 Å². The highest BCUT2D eigenvalue weighted by Crippen LogP contribution is 2.34. The standard InChI is InChI=1S/C21H15N3O3/c25-19-12-6-1-2-7-13(12)20(26)18(19)17-9-16(23-21(27)24-17)14-10-22-15-8-4-3-5-11(14)15/h1-8,10,16,18,22H,9H2,(H,23,27). The zero-order valence-corrected chi connectivity index (χ0v) is 14.2. The van der Waals surface area contributed by atoms with Crippen molar-refractivity contribution in [2.45, 2.75) is 12.5 Å². The Labute approximate surface area is 154 Å². The average Bonchev–Trinajstić information content (AvgIpc) is 3.21. The van der Waals surface area contributed by atoms with E-state index >= 15 is 0 Å². The molecule has 0 bridgehead atoms. The lowest BCUT2D eigenvalue weighted by Gasteiger charge is -2.24. The topological polar surface area (TPSA) is 91.4 Å². The van der Waals surface area contributed by atoms with Gasteiger partial charge in [0.1, 0.15) is 5.92 Å². The number of amides is 2. The van der Waals surface area contributed by atoms with Gasteiger partial charge in [-0.25, -0.2) is 9.79 Å². The van der Waals surface area contributed by atoms with Gasteiger partial charge < -0.3 is 10.3 Å². The van der Waals surface area contributed by atoms with Gasteiger partial charge in [0.2, 0.25) is 0 Å². The Balaban J connectivity index is 1.52. The number of ketones is 2. The number of fused-ring (bicyclic) bond motifs is 2. The molecule has 6 nitrogen and oxygen atoms in total. The molecule has 0 saturated carbocycles. The number of benzene rings is 2. The van der Waals surface area contributed by atoms with Crippen LogP contribution in [-0.2, 0) is 0 Å².